The summed E-state index contributed by atoms with van der Waals surface area (Å²) in [6.45, 7) is 3.33. The van der Waals surface area contributed by atoms with Gasteiger partial charge in [-0.3, -0.25) is 14.8 Å². The molecule has 0 bridgehead atoms. The molecule has 0 amide bonds. The standard InChI is InChI=1S/C7H5Cl2NO.C7H6ClNO2/c1-4-6(7(9)11)2-5(8)3-10-4;1-4-6(7(10)11)2-5(8)3-9-4/h2-3H,1H3;2-3H,1H3,(H,10,11). The van der Waals surface area contributed by atoms with Gasteiger partial charge >= 0.3 is 5.97 Å². The van der Waals surface area contributed by atoms with Crippen molar-refractivity contribution >= 4 is 46.0 Å². The Morgan fingerprint density at radius 3 is 1.68 bits per heavy atom. The lowest BCUT2D eigenvalue weighted by molar-refractivity contribution is 0.0695. The van der Waals surface area contributed by atoms with Gasteiger partial charge < -0.3 is 5.11 Å². The minimum atomic E-state index is -1.00. The lowest BCUT2D eigenvalue weighted by atomic mass is 10.2. The lowest BCUT2D eigenvalue weighted by Crippen LogP contribution is -2.00. The average Bonchev–Trinajstić information content (AvgIpc) is 2.44. The minimum Gasteiger partial charge on any atom is -0.478 e. The van der Waals surface area contributed by atoms with Gasteiger partial charge in [0, 0.05) is 18.1 Å². The van der Waals surface area contributed by atoms with E-state index in [1.165, 1.54) is 24.5 Å². The summed E-state index contributed by atoms with van der Waals surface area (Å²) in [6, 6.07) is 2.88. The number of carbonyl (C=O) groups is 2. The lowest BCUT2D eigenvalue weighted by Gasteiger charge is -1.98. The van der Waals surface area contributed by atoms with E-state index in [-0.39, 0.29) is 5.56 Å². The number of aromatic nitrogens is 2. The van der Waals surface area contributed by atoms with Crippen LogP contribution in [0.2, 0.25) is 10.0 Å². The quantitative estimate of drug-likeness (QED) is 0.812. The number of aromatic carboxylic acids is 1. The monoisotopic (exact) mass is 360 g/mol. The molecule has 1 N–H and O–H groups in total. The maximum absolute atomic E-state index is 10.7. The van der Waals surface area contributed by atoms with Crippen LogP contribution in [0.15, 0.2) is 24.5 Å². The molecular weight excluding hydrogens is 351 g/mol. The normalized spacial score (nSPS) is 9.68. The second-order valence-corrected chi connectivity index (χ2v) is 5.37. The molecule has 0 saturated heterocycles. The van der Waals surface area contributed by atoms with Gasteiger partial charge in [0.1, 0.15) is 0 Å². The summed E-state index contributed by atoms with van der Waals surface area (Å²) >= 11 is 16.4. The Balaban J connectivity index is 0.000000220. The summed E-state index contributed by atoms with van der Waals surface area (Å²) in [5, 5.41) is 8.82. The van der Waals surface area contributed by atoms with Gasteiger partial charge in [-0.15, -0.1) is 0 Å². The molecule has 2 aromatic rings. The summed E-state index contributed by atoms with van der Waals surface area (Å²) in [5.74, 6) is -1.00. The molecule has 2 aromatic heterocycles. The van der Waals surface area contributed by atoms with Gasteiger partial charge in [-0.25, -0.2) is 4.79 Å². The second-order valence-electron chi connectivity index (χ2n) is 4.15. The van der Waals surface area contributed by atoms with Crippen molar-refractivity contribution < 1.29 is 14.7 Å². The molecule has 116 valence electrons. The Morgan fingerprint density at radius 1 is 0.955 bits per heavy atom. The van der Waals surface area contributed by atoms with Gasteiger partial charge in [0.15, 0.2) is 0 Å². The van der Waals surface area contributed by atoms with Crippen LogP contribution in [0.1, 0.15) is 32.1 Å². The van der Waals surface area contributed by atoms with Crippen LogP contribution in [0.4, 0.5) is 0 Å². The third-order valence-electron chi connectivity index (χ3n) is 2.55. The van der Waals surface area contributed by atoms with Crippen molar-refractivity contribution in [2.45, 2.75) is 13.8 Å². The van der Waals surface area contributed by atoms with Crippen molar-refractivity contribution in [3.05, 3.63) is 57.1 Å². The molecule has 0 saturated carbocycles. The van der Waals surface area contributed by atoms with Crippen LogP contribution in [0.25, 0.3) is 0 Å². The highest BCUT2D eigenvalue weighted by molar-refractivity contribution is 6.68. The van der Waals surface area contributed by atoms with E-state index in [2.05, 4.69) is 9.97 Å². The molecule has 0 unspecified atom stereocenters. The van der Waals surface area contributed by atoms with Crippen molar-refractivity contribution in [2.24, 2.45) is 0 Å². The molecule has 22 heavy (non-hydrogen) atoms. The molecule has 2 rings (SSSR count). The van der Waals surface area contributed by atoms with Gasteiger partial charge in [0.25, 0.3) is 5.24 Å². The van der Waals surface area contributed by atoms with E-state index < -0.39 is 11.2 Å². The molecule has 0 aromatic carbocycles. The zero-order valence-corrected chi connectivity index (χ0v) is 13.9. The number of nitrogens with zero attached hydrogens (tertiary/aromatic N) is 2. The van der Waals surface area contributed by atoms with Crippen molar-refractivity contribution in [1.29, 1.82) is 0 Å². The van der Waals surface area contributed by atoms with Crippen molar-refractivity contribution in [2.75, 3.05) is 0 Å². The number of carboxylic acids is 1. The van der Waals surface area contributed by atoms with Gasteiger partial charge in [0.2, 0.25) is 0 Å². The van der Waals surface area contributed by atoms with E-state index >= 15 is 0 Å². The van der Waals surface area contributed by atoms with Gasteiger partial charge in [-0.2, -0.15) is 0 Å². The Morgan fingerprint density at radius 2 is 1.36 bits per heavy atom. The molecule has 2 heterocycles. The van der Waals surface area contributed by atoms with Crippen LogP contribution in [-0.4, -0.2) is 26.3 Å². The van der Waals surface area contributed by atoms with Crippen molar-refractivity contribution in [3.63, 3.8) is 0 Å². The first-order chi connectivity index (χ1) is 10.2. The van der Waals surface area contributed by atoms with E-state index in [9.17, 15) is 9.59 Å². The molecule has 0 aliphatic heterocycles. The van der Waals surface area contributed by atoms with E-state index in [4.69, 9.17) is 39.9 Å². The van der Waals surface area contributed by atoms with Crippen LogP contribution >= 0.6 is 34.8 Å². The number of carbonyl (C=O) groups excluding carboxylic acids is 1. The Bertz CT molecular complexity index is 659. The van der Waals surface area contributed by atoms with Crippen LogP contribution in [0.5, 0.6) is 0 Å². The fraction of sp³-hybridized carbons (Fsp3) is 0.143. The number of pyridine rings is 2. The zero-order valence-electron chi connectivity index (χ0n) is 11.6. The molecule has 0 aliphatic rings. The smallest absolute Gasteiger partial charge is 0.337 e. The maximum atomic E-state index is 10.7. The topological polar surface area (TPSA) is 80.2 Å². The SMILES string of the molecule is Cc1ncc(Cl)cc1C(=O)Cl.Cc1ncc(Cl)cc1C(=O)O. The number of halogens is 3. The molecule has 0 radical (unpaired) electrons. The second kappa shape index (κ2) is 8.08. The van der Waals surface area contributed by atoms with Crippen molar-refractivity contribution in [1.82, 2.24) is 9.97 Å². The first-order valence-corrected chi connectivity index (χ1v) is 7.03. The van der Waals surface area contributed by atoms with Gasteiger partial charge in [0.05, 0.1) is 26.9 Å². The van der Waals surface area contributed by atoms with Crippen LogP contribution in [0.3, 0.4) is 0 Å². The Labute approximate surface area is 141 Å². The number of carboxylic acid groups (broad SMARTS) is 1. The summed E-state index contributed by atoms with van der Waals surface area (Å²) < 4.78 is 0. The van der Waals surface area contributed by atoms with Gasteiger partial charge in [-0.1, -0.05) is 23.2 Å². The molecule has 0 fully saturated rings. The van der Waals surface area contributed by atoms with Crippen molar-refractivity contribution in [3.8, 4) is 0 Å². The maximum Gasteiger partial charge on any atom is 0.337 e. The highest BCUT2D eigenvalue weighted by Gasteiger charge is 2.07. The zero-order chi connectivity index (χ0) is 16.9. The first kappa shape index (κ1) is 18.4. The highest BCUT2D eigenvalue weighted by atomic mass is 35.5. The predicted molar refractivity (Wildman–Crippen MR) is 85.1 cm³/mol. The molecule has 8 heteroatoms. The van der Waals surface area contributed by atoms with Crippen LogP contribution in [-0.2, 0) is 0 Å². The first-order valence-electron chi connectivity index (χ1n) is 5.89. The number of rotatable bonds is 2. The summed E-state index contributed by atoms with van der Waals surface area (Å²) in [5.41, 5.74) is 1.58. The van der Waals surface area contributed by atoms with Crippen LogP contribution < -0.4 is 0 Å². The molecule has 0 atom stereocenters. The summed E-state index contributed by atoms with van der Waals surface area (Å²) in [4.78, 5) is 28.8. The number of hydrogen-bond donors (Lipinski definition) is 1. The summed E-state index contributed by atoms with van der Waals surface area (Å²) in [7, 11) is 0. The Kier molecular flexibility index (Phi) is 6.74. The van der Waals surface area contributed by atoms with E-state index in [0.29, 0.717) is 27.0 Å². The fourth-order valence-electron chi connectivity index (χ4n) is 1.43. The third kappa shape index (κ3) is 5.26. The highest BCUT2D eigenvalue weighted by Crippen LogP contribution is 2.14. The molecule has 0 aliphatic carbocycles. The average molecular weight is 362 g/mol. The van der Waals surface area contributed by atoms with Crippen LogP contribution in [0, 0.1) is 13.8 Å². The minimum absolute atomic E-state index is 0.150. The summed E-state index contributed by atoms with van der Waals surface area (Å²) in [6.07, 6.45) is 2.89. The van der Waals surface area contributed by atoms with E-state index in [1.54, 1.807) is 13.8 Å². The largest absolute Gasteiger partial charge is 0.478 e. The van der Waals surface area contributed by atoms with E-state index in [1.807, 2.05) is 0 Å². The number of hydrogen-bond acceptors (Lipinski definition) is 4. The Hall–Kier alpha value is -1.69. The third-order valence-corrected chi connectivity index (χ3v) is 3.17. The molecule has 5 nitrogen and oxygen atoms in total. The fourth-order valence-corrected chi connectivity index (χ4v) is 1.94. The van der Waals surface area contributed by atoms with E-state index in [0.717, 1.165) is 0 Å². The molecule has 0 spiro atoms. The molecular formula is C14H11Cl3N2O3. The van der Waals surface area contributed by atoms with Gasteiger partial charge in [-0.05, 0) is 37.6 Å². The predicted octanol–water partition coefficient (Wildman–Crippen LogP) is 4.16. The number of aryl methyl sites for hydroxylation is 2.